The zero-order chi connectivity index (χ0) is 18.2. The first-order valence-electron chi connectivity index (χ1n) is 6.41. The third kappa shape index (κ3) is 5.33. The van der Waals surface area contributed by atoms with Gasteiger partial charge in [0.05, 0.1) is 11.1 Å². The van der Waals surface area contributed by atoms with Gasteiger partial charge in [0.25, 0.3) is 0 Å². The number of amides is 1. The van der Waals surface area contributed by atoms with Gasteiger partial charge in [-0.25, -0.2) is 4.79 Å². The molecule has 0 heterocycles. The molecule has 0 spiro atoms. The summed E-state index contributed by atoms with van der Waals surface area (Å²) in [4.78, 5) is 11.7. The molecule has 1 amide bonds. The molecule has 0 radical (unpaired) electrons. The van der Waals surface area contributed by atoms with Crippen LogP contribution in [0.1, 0.15) is 31.9 Å². The molecular weight excluding hydrogens is 328 g/mol. The number of benzene rings is 1. The number of carboxylic acid groups (broad SMARTS) is 1. The molecule has 1 N–H and O–H groups in total. The second-order valence-electron chi connectivity index (χ2n) is 6.19. The quantitative estimate of drug-likeness (QED) is 0.745. The smallest absolute Gasteiger partial charge is 0.416 e. The highest BCUT2D eigenvalue weighted by Crippen LogP contribution is 2.38. The summed E-state index contributed by atoms with van der Waals surface area (Å²) >= 11 is 0. The van der Waals surface area contributed by atoms with E-state index in [0.29, 0.717) is 17.0 Å². The minimum Gasteiger partial charge on any atom is -0.465 e. The van der Waals surface area contributed by atoms with Gasteiger partial charge in [0.15, 0.2) is 0 Å². The first-order valence-corrected chi connectivity index (χ1v) is 6.41. The number of alkyl halides is 6. The fraction of sp³-hybridized carbons (Fsp3) is 0.500. The van der Waals surface area contributed by atoms with Gasteiger partial charge in [0.1, 0.15) is 0 Å². The Morgan fingerprint density at radius 1 is 0.957 bits per heavy atom. The summed E-state index contributed by atoms with van der Waals surface area (Å²) in [5, 5.41) is 9.14. The van der Waals surface area contributed by atoms with Crippen LogP contribution in [-0.2, 0) is 12.4 Å². The van der Waals surface area contributed by atoms with Gasteiger partial charge in [0.2, 0.25) is 0 Å². The van der Waals surface area contributed by atoms with Gasteiger partial charge < -0.3 is 5.11 Å². The molecule has 0 atom stereocenters. The van der Waals surface area contributed by atoms with Crippen molar-refractivity contribution in [1.29, 1.82) is 0 Å². The van der Waals surface area contributed by atoms with Crippen molar-refractivity contribution in [1.82, 2.24) is 0 Å². The molecular formula is C14H15F6NO2. The Morgan fingerprint density at radius 2 is 1.35 bits per heavy atom. The van der Waals surface area contributed by atoms with Gasteiger partial charge >= 0.3 is 18.4 Å². The standard InChI is InChI=1S/C14H15F6NO2/c1-12(2,3)7-21(11(22)23)10-5-8(13(15,16)17)4-9(6-10)14(18,19)20/h4-6H,7H2,1-3H3,(H,22,23). The van der Waals surface area contributed by atoms with Crippen LogP contribution in [0.3, 0.4) is 0 Å². The number of nitrogens with zero attached hydrogens (tertiary/aromatic N) is 1. The number of halogens is 6. The molecule has 3 nitrogen and oxygen atoms in total. The molecule has 9 heteroatoms. The summed E-state index contributed by atoms with van der Waals surface area (Å²) < 4.78 is 76.8. The van der Waals surface area contributed by atoms with E-state index in [1.54, 1.807) is 20.8 Å². The van der Waals surface area contributed by atoms with Crippen molar-refractivity contribution in [3.05, 3.63) is 29.3 Å². The molecule has 130 valence electrons. The third-order valence-electron chi connectivity index (χ3n) is 2.75. The van der Waals surface area contributed by atoms with Crippen molar-refractivity contribution < 1.29 is 36.2 Å². The number of rotatable bonds is 2. The average molecular weight is 343 g/mol. The van der Waals surface area contributed by atoms with Crippen molar-refractivity contribution in [2.45, 2.75) is 33.1 Å². The van der Waals surface area contributed by atoms with Crippen molar-refractivity contribution in [2.75, 3.05) is 11.4 Å². The van der Waals surface area contributed by atoms with Gasteiger partial charge in [-0.15, -0.1) is 0 Å². The van der Waals surface area contributed by atoms with Crippen LogP contribution >= 0.6 is 0 Å². The predicted octanol–water partition coefficient (Wildman–Crippen LogP) is 5.25. The fourth-order valence-electron chi connectivity index (χ4n) is 1.84. The average Bonchev–Trinajstić information content (AvgIpc) is 2.32. The number of carbonyl (C=O) groups is 1. The Hall–Kier alpha value is -1.93. The molecule has 1 aromatic carbocycles. The summed E-state index contributed by atoms with van der Waals surface area (Å²) in [6.07, 6.45) is -11.7. The topological polar surface area (TPSA) is 40.5 Å². The lowest BCUT2D eigenvalue weighted by atomic mass is 9.95. The van der Waals surface area contributed by atoms with Crippen LogP contribution in [0.2, 0.25) is 0 Å². The van der Waals surface area contributed by atoms with E-state index in [0.717, 1.165) is 0 Å². The highest BCUT2D eigenvalue weighted by molar-refractivity contribution is 5.86. The van der Waals surface area contributed by atoms with E-state index in [9.17, 15) is 31.1 Å². The maximum atomic E-state index is 12.8. The van der Waals surface area contributed by atoms with Crippen molar-refractivity contribution in [2.24, 2.45) is 5.41 Å². The van der Waals surface area contributed by atoms with Gasteiger partial charge in [-0.05, 0) is 23.6 Å². The molecule has 0 aliphatic heterocycles. The monoisotopic (exact) mass is 343 g/mol. The van der Waals surface area contributed by atoms with Crippen LogP contribution in [0.4, 0.5) is 36.8 Å². The molecule has 23 heavy (non-hydrogen) atoms. The first-order chi connectivity index (χ1) is 10.1. The molecule has 0 bridgehead atoms. The Balaban J connectivity index is 3.51. The minimum absolute atomic E-state index is 0.0411. The van der Waals surface area contributed by atoms with Gasteiger partial charge in [-0.2, -0.15) is 26.3 Å². The van der Waals surface area contributed by atoms with E-state index in [-0.39, 0.29) is 12.6 Å². The molecule has 0 fully saturated rings. The lowest BCUT2D eigenvalue weighted by Gasteiger charge is -2.28. The van der Waals surface area contributed by atoms with Crippen LogP contribution < -0.4 is 4.90 Å². The van der Waals surface area contributed by atoms with Crippen LogP contribution in [0, 0.1) is 5.41 Å². The van der Waals surface area contributed by atoms with Crippen molar-refractivity contribution in [3.63, 3.8) is 0 Å². The van der Waals surface area contributed by atoms with Crippen LogP contribution in [-0.4, -0.2) is 17.7 Å². The minimum atomic E-state index is -5.03. The summed E-state index contributed by atoms with van der Waals surface area (Å²) in [5.74, 6) is 0. The molecule has 0 saturated heterocycles. The van der Waals surface area contributed by atoms with Crippen LogP contribution in [0.25, 0.3) is 0 Å². The number of hydrogen-bond donors (Lipinski definition) is 1. The van der Waals surface area contributed by atoms with Crippen molar-refractivity contribution >= 4 is 11.8 Å². The highest BCUT2D eigenvalue weighted by atomic mass is 19.4. The molecule has 1 aromatic rings. The molecule has 0 aromatic heterocycles. The zero-order valence-electron chi connectivity index (χ0n) is 12.5. The number of hydrogen-bond acceptors (Lipinski definition) is 1. The number of anilines is 1. The summed E-state index contributed by atoms with van der Waals surface area (Å²) in [7, 11) is 0. The Morgan fingerprint density at radius 3 is 1.61 bits per heavy atom. The first kappa shape index (κ1) is 19.1. The lowest BCUT2D eigenvalue weighted by molar-refractivity contribution is -0.143. The predicted molar refractivity (Wildman–Crippen MR) is 71.3 cm³/mol. The summed E-state index contributed by atoms with van der Waals surface area (Å²) in [6.45, 7) is 4.57. The highest BCUT2D eigenvalue weighted by Gasteiger charge is 2.38. The molecule has 1 rings (SSSR count). The maximum absolute atomic E-state index is 12.8. The van der Waals surface area contributed by atoms with Gasteiger partial charge in [0, 0.05) is 12.2 Å². The van der Waals surface area contributed by atoms with Crippen LogP contribution in [0.5, 0.6) is 0 Å². The van der Waals surface area contributed by atoms with E-state index in [1.807, 2.05) is 0 Å². The Bertz CT molecular complexity index is 554. The SMILES string of the molecule is CC(C)(C)CN(C(=O)O)c1cc(C(F)(F)F)cc(C(F)(F)F)c1. The van der Waals surface area contributed by atoms with Crippen LogP contribution in [0.15, 0.2) is 18.2 Å². The second-order valence-corrected chi connectivity index (χ2v) is 6.19. The van der Waals surface area contributed by atoms with Gasteiger partial charge in [-0.3, -0.25) is 4.90 Å². The fourth-order valence-corrected chi connectivity index (χ4v) is 1.84. The largest absolute Gasteiger partial charge is 0.465 e. The maximum Gasteiger partial charge on any atom is 0.416 e. The zero-order valence-corrected chi connectivity index (χ0v) is 12.5. The van der Waals surface area contributed by atoms with E-state index in [4.69, 9.17) is 5.11 Å². The molecule has 0 unspecified atom stereocenters. The Labute approximate surface area is 128 Å². The summed E-state index contributed by atoms with van der Waals surface area (Å²) in [5.41, 5.74) is -4.44. The van der Waals surface area contributed by atoms with Gasteiger partial charge in [-0.1, -0.05) is 20.8 Å². The van der Waals surface area contributed by atoms with E-state index in [2.05, 4.69) is 0 Å². The summed E-state index contributed by atoms with van der Waals surface area (Å²) in [6, 6.07) is 0.755. The third-order valence-corrected chi connectivity index (χ3v) is 2.75. The van der Waals surface area contributed by atoms with E-state index >= 15 is 0 Å². The molecule has 0 saturated carbocycles. The molecule has 0 aliphatic carbocycles. The van der Waals surface area contributed by atoms with Crippen molar-refractivity contribution in [3.8, 4) is 0 Å². The normalized spacial score (nSPS) is 13.1. The van der Waals surface area contributed by atoms with E-state index < -0.39 is 40.7 Å². The molecule has 0 aliphatic rings. The second kappa shape index (κ2) is 5.93. The van der Waals surface area contributed by atoms with E-state index in [1.165, 1.54) is 0 Å². The Kier molecular flexibility index (Phi) is 4.93. The lowest BCUT2D eigenvalue weighted by Crippen LogP contribution is -2.37.